The molecule has 0 unspecified atom stereocenters. The lowest BCUT2D eigenvalue weighted by molar-refractivity contribution is 0.0690. The van der Waals surface area contributed by atoms with Crippen LogP contribution in [0.15, 0.2) is 0 Å². The van der Waals surface area contributed by atoms with E-state index in [1.165, 1.54) is 149 Å². The fourth-order valence-electron chi connectivity index (χ4n) is 8.23. The van der Waals surface area contributed by atoms with Crippen molar-refractivity contribution in [2.75, 3.05) is 91.6 Å². The summed E-state index contributed by atoms with van der Waals surface area (Å²) < 4.78 is 0. The van der Waals surface area contributed by atoms with Crippen molar-refractivity contribution in [3.05, 3.63) is 0 Å². The number of piperazine rings is 1. The molecule has 0 amide bonds. The van der Waals surface area contributed by atoms with Crippen LogP contribution in [0.2, 0.25) is 0 Å². The van der Waals surface area contributed by atoms with Gasteiger partial charge in [0.25, 0.3) is 0 Å². The minimum Gasteiger partial charge on any atom is -0.314 e. The molecule has 7 heteroatoms. The summed E-state index contributed by atoms with van der Waals surface area (Å²) in [6.07, 6.45) is 15.5. The molecule has 6 rings (SSSR count). The summed E-state index contributed by atoms with van der Waals surface area (Å²) in [6.45, 7) is 59.0. The summed E-state index contributed by atoms with van der Waals surface area (Å²) in [6, 6.07) is 0. The van der Waals surface area contributed by atoms with Gasteiger partial charge in [-0.05, 0) is 248 Å². The summed E-state index contributed by atoms with van der Waals surface area (Å²) in [5, 5.41) is 3.35. The van der Waals surface area contributed by atoms with Gasteiger partial charge in [-0.15, -0.1) is 0 Å². The van der Waals surface area contributed by atoms with E-state index in [1.54, 1.807) is 0 Å². The molecule has 6 heterocycles. The predicted molar refractivity (Wildman–Crippen MR) is 252 cm³/mol. The Bertz CT molecular complexity index is 858. The molecular weight excluding hydrogens is 687 g/mol. The Balaban J connectivity index is 0.000000337. The number of likely N-dealkylation sites (tertiary alicyclic amines) is 5. The zero-order valence-electron chi connectivity index (χ0n) is 41.9. The van der Waals surface area contributed by atoms with Gasteiger partial charge >= 0.3 is 0 Å². The Hall–Kier alpha value is -0.280. The number of hydrogen-bond donors (Lipinski definition) is 1. The summed E-state index contributed by atoms with van der Waals surface area (Å²) in [4.78, 5) is 15.3. The number of rotatable bonds is 0. The van der Waals surface area contributed by atoms with Crippen LogP contribution in [0, 0.1) is 0 Å². The van der Waals surface area contributed by atoms with E-state index in [0.717, 1.165) is 13.1 Å². The average molecular weight is 792 g/mol. The number of nitrogens with zero attached hydrogens (tertiary/aromatic N) is 6. The molecule has 1 N–H and O–H groups in total. The monoisotopic (exact) mass is 792 g/mol. The minimum atomic E-state index is 0.363. The van der Waals surface area contributed by atoms with Gasteiger partial charge in [0.05, 0.1) is 0 Å². The lowest BCUT2D eigenvalue weighted by Crippen LogP contribution is -2.51. The van der Waals surface area contributed by atoms with Crippen LogP contribution >= 0.6 is 0 Å². The molecule has 0 aromatic carbocycles. The van der Waals surface area contributed by atoms with E-state index in [1.807, 2.05) is 0 Å². The first-order valence-corrected chi connectivity index (χ1v) is 23.8. The zero-order valence-corrected chi connectivity index (χ0v) is 41.9. The topological polar surface area (TPSA) is 31.5 Å². The first-order chi connectivity index (χ1) is 25.6. The molecule has 0 saturated carbocycles. The number of hydrogen-bond acceptors (Lipinski definition) is 7. The Morgan fingerprint density at radius 1 is 0.214 bits per heavy atom. The van der Waals surface area contributed by atoms with Gasteiger partial charge in [-0.3, -0.25) is 29.4 Å². The molecule has 336 valence electrons. The molecule has 0 aromatic heterocycles. The predicted octanol–water partition coefficient (Wildman–Crippen LogP) is 10.5. The molecular formula is C49H105N7. The van der Waals surface area contributed by atoms with E-state index in [2.05, 4.69) is 159 Å². The van der Waals surface area contributed by atoms with Gasteiger partial charge in [0.2, 0.25) is 0 Å². The normalized spacial score (nSPS) is 23.0. The second kappa shape index (κ2) is 24.8. The third-order valence-corrected chi connectivity index (χ3v) is 12.6. The van der Waals surface area contributed by atoms with Crippen molar-refractivity contribution < 1.29 is 0 Å². The van der Waals surface area contributed by atoms with Crippen LogP contribution in [0.3, 0.4) is 0 Å². The molecule has 0 spiro atoms. The first-order valence-electron chi connectivity index (χ1n) is 23.8. The van der Waals surface area contributed by atoms with Gasteiger partial charge in [-0.25, -0.2) is 0 Å². The fraction of sp³-hybridized carbons (Fsp3) is 1.00. The Labute approximate surface area is 353 Å². The van der Waals surface area contributed by atoms with E-state index in [0.29, 0.717) is 33.2 Å². The van der Waals surface area contributed by atoms with Gasteiger partial charge < -0.3 is 5.32 Å². The van der Waals surface area contributed by atoms with Crippen LogP contribution in [0.25, 0.3) is 0 Å². The van der Waals surface area contributed by atoms with Crippen LogP contribution in [-0.2, 0) is 0 Å². The SMILES string of the molecule is CC(C)(C)N1CCC1.CC(C)(C)N1CCCC1.CC(C)(C)N1CCCC1.CC(C)(C)N1CCCCC1.CC(C)(C)N1CCCCC1.CC(C)(C)N1CCNCC1. The maximum absolute atomic E-state index is 3.35. The van der Waals surface area contributed by atoms with Crippen molar-refractivity contribution in [1.29, 1.82) is 0 Å². The highest BCUT2D eigenvalue weighted by atomic mass is 15.2. The smallest absolute Gasteiger partial charge is 0.0126 e. The lowest BCUT2D eigenvalue weighted by atomic mass is 10.0. The Morgan fingerprint density at radius 2 is 0.375 bits per heavy atom. The Morgan fingerprint density at radius 3 is 0.500 bits per heavy atom. The molecule has 0 atom stereocenters. The lowest BCUT2D eigenvalue weighted by Gasteiger charge is -2.42. The summed E-state index contributed by atoms with van der Waals surface area (Å²) in [5.41, 5.74) is 2.42. The quantitative estimate of drug-likeness (QED) is 0.262. The highest BCUT2D eigenvalue weighted by Crippen LogP contribution is 2.22. The second-order valence-corrected chi connectivity index (χ2v) is 23.6. The molecule has 6 saturated heterocycles. The fourth-order valence-corrected chi connectivity index (χ4v) is 8.23. The Kier molecular flexibility index (Phi) is 23.8. The van der Waals surface area contributed by atoms with E-state index >= 15 is 0 Å². The third kappa shape index (κ3) is 23.5. The zero-order chi connectivity index (χ0) is 42.8. The van der Waals surface area contributed by atoms with Crippen LogP contribution in [0.5, 0.6) is 0 Å². The second-order valence-electron chi connectivity index (χ2n) is 23.6. The largest absolute Gasteiger partial charge is 0.314 e. The number of piperidine rings is 2. The molecule has 0 bridgehead atoms. The van der Waals surface area contributed by atoms with Gasteiger partial charge in [-0.1, -0.05) is 12.8 Å². The standard InChI is InChI=1S/2C9H19N.C8H18N2.2C8H17N.C7H15N/c2*1-9(2,3)10-7-5-4-6-8-10;1-8(2,3)10-6-4-9-5-7-10;2*1-8(2,3)9-6-4-5-7-9;1-7(2,3)8-5-4-6-8/h2*4-8H2,1-3H3;9H,4-7H2,1-3H3;2*4-7H2,1-3H3;4-6H2,1-3H3. The van der Waals surface area contributed by atoms with Gasteiger partial charge in [0.15, 0.2) is 0 Å². The van der Waals surface area contributed by atoms with Crippen molar-refractivity contribution in [3.63, 3.8) is 0 Å². The van der Waals surface area contributed by atoms with E-state index in [9.17, 15) is 0 Å². The molecule has 6 aliphatic rings. The molecule has 6 fully saturated rings. The van der Waals surface area contributed by atoms with Crippen LogP contribution in [-0.4, -0.2) is 154 Å². The molecule has 0 aliphatic carbocycles. The van der Waals surface area contributed by atoms with Crippen molar-refractivity contribution in [3.8, 4) is 0 Å². The highest BCUT2D eigenvalue weighted by molar-refractivity contribution is 4.84. The van der Waals surface area contributed by atoms with Crippen molar-refractivity contribution in [2.24, 2.45) is 0 Å². The van der Waals surface area contributed by atoms with Gasteiger partial charge in [-0.2, -0.15) is 0 Å². The van der Waals surface area contributed by atoms with Crippen molar-refractivity contribution >= 4 is 0 Å². The van der Waals surface area contributed by atoms with Crippen LogP contribution in [0.4, 0.5) is 0 Å². The maximum Gasteiger partial charge on any atom is 0.0126 e. The van der Waals surface area contributed by atoms with Crippen LogP contribution in [0.1, 0.15) is 195 Å². The molecule has 56 heavy (non-hydrogen) atoms. The van der Waals surface area contributed by atoms with E-state index in [4.69, 9.17) is 0 Å². The van der Waals surface area contributed by atoms with Crippen molar-refractivity contribution in [1.82, 2.24) is 34.7 Å². The van der Waals surface area contributed by atoms with E-state index in [-0.39, 0.29) is 0 Å². The van der Waals surface area contributed by atoms with E-state index < -0.39 is 0 Å². The average Bonchev–Trinajstić information content (AvgIpc) is 3.81. The summed E-state index contributed by atoms with van der Waals surface area (Å²) >= 11 is 0. The van der Waals surface area contributed by atoms with Crippen LogP contribution < -0.4 is 5.32 Å². The molecule has 0 aromatic rings. The molecule has 0 radical (unpaired) electrons. The summed E-state index contributed by atoms with van der Waals surface area (Å²) in [7, 11) is 0. The van der Waals surface area contributed by atoms with Gasteiger partial charge in [0.1, 0.15) is 0 Å². The summed E-state index contributed by atoms with van der Waals surface area (Å²) in [5.74, 6) is 0. The first kappa shape index (κ1) is 53.7. The third-order valence-electron chi connectivity index (χ3n) is 12.6. The molecule has 6 aliphatic heterocycles. The van der Waals surface area contributed by atoms with Crippen molar-refractivity contribution in [2.45, 2.75) is 228 Å². The molecule has 7 nitrogen and oxygen atoms in total. The minimum absolute atomic E-state index is 0.363. The highest BCUT2D eigenvalue weighted by Gasteiger charge is 2.27. The van der Waals surface area contributed by atoms with Gasteiger partial charge in [0, 0.05) is 59.4 Å². The number of nitrogens with one attached hydrogen (secondary N) is 1. The maximum atomic E-state index is 3.35.